The average molecular weight is 245 g/mol. The number of nitrogens with two attached hydrogens (primary N) is 1. The fourth-order valence-corrected chi connectivity index (χ4v) is 1.89. The molecule has 1 aromatic carbocycles. The van der Waals surface area contributed by atoms with Crippen molar-refractivity contribution in [2.45, 2.75) is 12.8 Å². The van der Waals surface area contributed by atoms with E-state index in [2.05, 4.69) is 20.9 Å². The summed E-state index contributed by atoms with van der Waals surface area (Å²) in [6.07, 6.45) is 1.87. The monoisotopic (exact) mass is 245 g/mol. The molecule has 0 aliphatic carbocycles. The molecule has 95 valence electrons. The number of hydrogen-bond acceptors (Lipinski definition) is 3. The SMILES string of the molecule is CN(C)CCCc1nc2c(C(N)=O)[c]ccc2[nH]1. The minimum atomic E-state index is -0.494. The highest BCUT2D eigenvalue weighted by Crippen LogP contribution is 2.16. The minimum absolute atomic E-state index is 0.350. The van der Waals surface area contributed by atoms with Gasteiger partial charge in [0.05, 0.1) is 11.1 Å². The van der Waals surface area contributed by atoms with Crippen LogP contribution in [0.25, 0.3) is 11.0 Å². The Kier molecular flexibility index (Phi) is 3.62. The summed E-state index contributed by atoms with van der Waals surface area (Å²) in [6, 6.07) is 6.37. The van der Waals surface area contributed by atoms with Crippen molar-refractivity contribution in [1.82, 2.24) is 14.9 Å². The van der Waals surface area contributed by atoms with Gasteiger partial charge in [-0.05, 0) is 39.2 Å². The second kappa shape index (κ2) is 5.18. The molecule has 0 fully saturated rings. The Morgan fingerprint density at radius 1 is 1.56 bits per heavy atom. The van der Waals surface area contributed by atoms with Gasteiger partial charge in [0.1, 0.15) is 11.3 Å². The highest BCUT2D eigenvalue weighted by molar-refractivity contribution is 6.03. The predicted molar refractivity (Wildman–Crippen MR) is 70.3 cm³/mol. The van der Waals surface area contributed by atoms with Gasteiger partial charge in [0, 0.05) is 6.42 Å². The van der Waals surface area contributed by atoms with E-state index in [4.69, 9.17) is 5.73 Å². The minimum Gasteiger partial charge on any atom is -0.366 e. The van der Waals surface area contributed by atoms with Crippen LogP contribution in [0.1, 0.15) is 22.6 Å². The van der Waals surface area contributed by atoms with Gasteiger partial charge in [0.2, 0.25) is 0 Å². The Morgan fingerprint density at radius 3 is 3.00 bits per heavy atom. The van der Waals surface area contributed by atoms with E-state index in [-0.39, 0.29) is 0 Å². The number of amides is 1. The first kappa shape index (κ1) is 12.6. The summed E-state index contributed by atoms with van der Waals surface area (Å²) in [5, 5.41) is 0. The van der Waals surface area contributed by atoms with Crippen molar-refractivity contribution in [3.05, 3.63) is 29.6 Å². The Labute approximate surface area is 106 Å². The van der Waals surface area contributed by atoms with Gasteiger partial charge < -0.3 is 15.6 Å². The summed E-state index contributed by atoms with van der Waals surface area (Å²) in [6.45, 7) is 1.01. The number of benzene rings is 1. The molecule has 5 nitrogen and oxygen atoms in total. The zero-order chi connectivity index (χ0) is 13.1. The molecule has 0 unspecified atom stereocenters. The fourth-order valence-electron chi connectivity index (χ4n) is 1.89. The van der Waals surface area contributed by atoms with Crippen molar-refractivity contribution in [1.29, 1.82) is 0 Å². The molecule has 1 amide bonds. The Balaban J connectivity index is 2.22. The second-order valence-electron chi connectivity index (χ2n) is 4.57. The van der Waals surface area contributed by atoms with Crippen LogP contribution in [0.3, 0.4) is 0 Å². The number of imidazole rings is 1. The van der Waals surface area contributed by atoms with E-state index in [0.717, 1.165) is 30.7 Å². The molecule has 1 aromatic heterocycles. The quantitative estimate of drug-likeness (QED) is 0.823. The van der Waals surface area contributed by atoms with Crippen molar-refractivity contribution in [2.24, 2.45) is 5.73 Å². The van der Waals surface area contributed by atoms with Crippen molar-refractivity contribution in [3.63, 3.8) is 0 Å². The molecule has 0 aliphatic heterocycles. The van der Waals surface area contributed by atoms with Crippen molar-refractivity contribution < 1.29 is 4.79 Å². The van der Waals surface area contributed by atoms with Gasteiger partial charge in [-0.3, -0.25) is 4.79 Å². The molecule has 1 heterocycles. The second-order valence-corrected chi connectivity index (χ2v) is 4.57. The Morgan fingerprint density at radius 2 is 2.33 bits per heavy atom. The van der Waals surface area contributed by atoms with Gasteiger partial charge in [-0.1, -0.05) is 6.07 Å². The number of nitrogens with one attached hydrogen (secondary N) is 1. The number of carbonyl (C=O) groups excluding carboxylic acids is 1. The highest BCUT2D eigenvalue weighted by atomic mass is 16.1. The largest absolute Gasteiger partial charge is 0.366 e. The van der Waals surface area contributed by atoms with Gasteiger partial charge in [-0.15, -0.1) is 0 Å². The van der Waals surface area contributed by atoms with E-state index in [1.807, 2.05) is 20.2 Å². The van der Waals surface area contributed by atoms with Crippen LogP contribution in [0.15, 0.2) is 12.1 Å². The zero-order valence-corrected chi connectivity index (χ0v) is 10.7. The maximum absolute atomic E-state index is 11.3. The van der Waals surface area contributed by atoms with E-state index in [1.54, 1.807) is 6.07 Å². The average Bonchev–Trinajstić information content (AvgIpc) is 2.70. The lowest BCUT2D eigenvalue weighted by Gasteiger charge is -2.07. The number of aromatic amines is 1. The summed E-state index contributed by atoms with van der Waals surface area (Å²) < 4.78 is 0. The predicted octanol–water partition coefficient (Wildman–Crippen LogP) is 0.956. The number of fused-ring (bicyclic) bond motifs is 1. The topological polar surface area (TPSA) is 75.0 Å². The fraction of sp³-hybridized carbons (Fsp3) is 0.385. The molecule has 0 aliphatic rings. The van der Waals surface area contributed by atoms with Crippen LogP contribution in [-0.4, -0.2) is 41.4 Å². The number of aryl methyl sites for hydroxylation is 1. The van der Waals surface area contributed by atoms with Crippen LogP contribution >= 0.6 is 0 Å². The lowest BCUT2D eigenvalue weighted by atomic mass is 10.2. The third-order valence-electron chi connectivity index (χ3n) is 2.76. The van der Waals surface area contributed by atoms with E-state index in [1.165, 1.54) is 0 Å². The van der Waals surface area contributed by atoms with E-state index >= 15 is 0 Å². The molecular formula is C13H17N4O. The standard InChI is InChI=1S/C13H17N4O/c1-17(2)8-4-7-11-15-10-6-3-5-9(13(14)18)12(10)16-11/h3,6H,4,7-8H2,1-2H3,(H2,14,18)(H,15,16). The molecule has 0 saturated heterocycles. The molecule has 1 radical (unpaired) electrons. The third-order valence-corrected chi connectivity index (χ3v) is 2.76. The number of rotatable bonds is 5. The summed E-state index contributed by atoms with van der Waals surface area (Å²) in [7, 11) is 4.08. The number of carbonyl (C=O) groups is 1. The zero-order valence-electron chi connectivity index (χ0n) is 10.7. The van der Waals surface area contributed by atoms with Gasteiger partial charge in [-0.2, -0.15) is 0 Å². The lowest BCUT2D eigenvalue weighted by Crippen LogP contribution is -2.13. The van der Waals surface area contributed by atoms with Gasteiger partial charge in [-0.25, -0.2) is 4.98 Å². The van der Waals surface area contributed by atoms with Crippen molar-refractivity contribution in [3.8, 4) is 0 Å². The summed E-state index contributed by atoms with van der Waals surface area (Å²) in [5.74, 6) is 0.390. The first-order valence-corrected chi connectivity index (χ1v) is 5.91. The number of nitrogens with zero attached hydrogens (tertiary/aromatic N) is 2. The molecule has 5 heteroatoms. The van der Waals surface area contributed by atoms with Crippen LogP contribution < -0.4 is 5.73 Å². The molecule has 3 N–H and O–H groups in total. The first-order chi connectivity index (χ1) is 8.58. The van der Waals surface area contributed by atoms with Crippen LogP contribution in [0, 0.1) is 6.07 Å². The molecule has 0 spiro atoms. The van der Waals surface area contributed by atoms with Crippen molar-refractivity contribution >= 4 is 16.9 Å². The summed E-state index contributed by atoms with van der Waals surface area (Å²) in [4.78, 5) is 21.0. The maximum atomic E-state index is 11.3. The van der Waals surface area contributed by atoms with E-state index < -0.39 is 5.91 Å². The molecule has 2 aromatic rings. The lowest BCUT2D eigenvalue weighted by molar-refractivity contribution is 0.100. The molecule has 0 saturated carbocycles. The van der Waals surface area contributed by atoms with Crippen LogP contribution in [-0.2, 0) is 6.42 Å². The summed E-state index contributed by atoms with van der Waals surface area (Å²) >= 11 is 0. The van der Waals surface area contributed by atoms with Crippen molar-refractivity contribution in [2.75, 3.05) is 20.6 Å². The Bertz CT molecular complexity index is 559. The normalized spacial score (nSPS) is 11.3. The molecule has 18 heavy (non-hydrogen) atoms. The summed E-state index contributed by atoms with van der Waals surface area (Å²) in [5.41, 5.74) is 7.10. The van der Waals surface area contributed by atoms with Gasteiger partial charge in [0.15, 0.2) is 0 Å². The molecule has 0 atom stereocenters. The van der Waals surface area contributed by atoms with Crippen LogP contribution in [0.5, 0.6) is 0 Å². The Hall–Kier alpha value is -1.88. The maximum Gasteiger partial charge on any atom is 0.251 e. The van der Waals surface area contributed by atoms with Gasteiger partial charge in [0.25, 0.3) is 5.91 Å². The molecular weight excluding hydrogens is 228 g/mol. The first-order valence-electron chi connectivity index (χ1n) is 5.91. The van der Waals surface area contributed by atoms with E-state index in [9.17, 15) is 4.79 Å². The highest BCUT2D eigenvalue weighted by Gasteiger charge is 2.11. The molecule has 2 rings (SSSR count). The third kappa shape index (κ3) is 2.68. The number of H-pyrrole nitrogens is 1. The van der Waals surface area contributed by atoms with E-state index in [0.29, 0.717) is 11.1 Å². The number of primary amides is 1. The molecule has 0 bridgehead atoms. The number of aromatic nitrogens is 2. The smallest absolute Gasteiger partial charge is 0.251 e. The number of hydrogen-bond donors (Lipinski definition) is 2. The van der Waals surface area contributed by atoms with Crippen LogP contribution in [0.2, 0.25) is 0 Å². The van der Waals surface area contributed by atoms with Gasteiger partial charge >= 0.3 is 0 Å². The van der Waals surface area contributed by atoms with Crippen LogP contribution in [0.4, 0.5) is 0 Å².